The van der Waals surface area contributed by atoms with Crippen molar-refractivity contribution in [3.05, 3.63) is 35.2 Å². The molecule has 0 saturated carbocycles. The van der Waals surface area contributed by atoms with Crippen molar-refractivity contribution in [2.24, 2.45) is 5.14 Å². The van der Waals surface area contributed by atoms with Crippen molar-refractivity contribution in [1.29, 1.82) is 0 Å². The molecule has 1 aromatic heterocycles. The maximum Gasteiger partial charge on any atom is 0.277 e. The summed E-state index contributed by atoms with van der Waals surface area (Å²) in [7, 11) is -3.62. The van der Waals surface area contributed by atoms with Crippen molar-refractivity contribution >= 4 is 31.6 Å². The molecule has 0 bridgehead atoms. The van der Waals surface area contributed by atoms with Crippen LogP contribution >= 0.6 is 11.3 Å². The van der Waals surface area contributed by atoms with Crippen LogP contribution in [0.3, 0.4) is 0 Å². The molecule has 2 N–H and O–H groups in total. The van der Waals surface area contributed by atoms with Crippen LogP contribution in [-0.4, -0.2) is 19.3 Å². The Morgan fingerprint density at radius 2 is 2.06 bits per heavy atom. The quantitative estimate of drug-likeness (QED) is 0.922. The van der Waals surface area contributed by atoms with Crippen molar-refractivity contribution < 1.29 is 8.42 Å². The third kappa shape index (κ3) is 2.66. The van der Waals surface area contributed by atoms with Gasteiger partial charge in [0.25, 0.3) is 10.2 Å². The van der Waals surface area contributed by atoms with Crippen molar-refractivity contribution in [3.8, 4) is 0 Å². The standard InChI is InChI=1S/C11H14N2O2S2/c1-2-13(17(12,14)15)7-9-8-16-11-6-4-3-5-10(9)11/h3-6,8H,2,7H2,1H3,(H2,12,14,15). The summed E-state index contributed by atoms with van der Waals surface area (Å²) in [6, 6.07) is 7.94. The van der Waals surface area contributed by atoms with Gasteiger partial charge in [-0.15, -0.1) is 11.3 Å². The summed E-state index contributed by atoms with van der Waals surface area (Å²) in [6.45, 7) is 2.49. The van der Waals surface area contributed by atoms with Gasteiger partial charge in [0.2, 0.25) is 0 Å². The topological polar surface area (TPSA) is 63.4 Å². The number of rotatable bonds is 4. The van der Waals surface area contributed by atoms with Crippen LogP contribution in [0.15, 0.2) is 29.6 Å². The van der Waals surface area contributed by atoms with Gasteiger partial charge in [0.15, 0.2) is 0 Å². The molecule has 1 aromatic carbocycles. The van der Waals surface area contributed by atoms with Crippen LogP contribution in [-0.2, 0) is 16.8 Å². The van der Waals surface area contributed by atoms with Crippen LogP contribution in [0.1, 0.15) is 12.5 Å². The van der Waals surface area contributed by atoms with E-state index < -0.39 is 10.2 Å². The van der Waals surface area contributed by atoms with Gasteiger partial charge in [-0.25, -0.2) is 5.14 Å². The van der Waals surface area contributed by atoms with Gasteiger partial charge in [-0.1, -0.05) is 25.1 Å². The Morgan fingerprint density at radius 1 is 1.35 bits per heavy atom. The van der Waals surface area contributed by atoms with Crippen LogP contribution in [0.5, 0.6) is 0 Å². The third-order valence-corrected chi connectivity index (χ3v) is 4.74. The van der Waals surface area contributed by atoms with E-state index in [2.05, 4.69) is 0 Å². The zero-order chi connectivity index (χ0) is 12.5. The van der Waals surface area contributed by atoms with Crippen LogP contribution in [0, 0.1) is 0 Å². The van der Waals surface area contributed by atoms with E-state index in [1.54, 1.807) is 18.3 Å². The fraction of sp³-hybridized carbons (Fsp3) is 0.273. The molecule has 2 rings (SSSR count). The highest BCUT2D eigenvalue weighted by atomic mass is 32.2. The summed E-state index contributed by atoms with van der Waals surface area (Å²) >= 11 is 1.61. The Hall–Kier alpha value is -0.950. The van der Waals surface area contributed by atoms with E-state index in [4.69, 9.17) is 5.14 Å². The second-order valence-electron chi connectivity index (χ2n) is 3.73. The second-order valence-corrected chi connectivity index (χ2v) is 6.19. The molecule has 0 amide bonds. The average Bonchev–Trinajstić information content (AvgIpc) is 2.67. The largest absolute Gasteiger partial charge is 0.277 e. The molecule has 4 nitrogen and oxygen atoms in total. The van der Waals surface area contributed by atoms with Gasteiger partial charge in [0.05, 0.1) is 0 Å². The lowest BCUT2D eigenvalue weighted by atomic mass is 10.2. The molecule has 1 heterocycles. The molecule has 0 radical (unpaired) electrons. The second kappa shape index (κ2) is 4.73. The summed E-state index contributed by atoms with van der Waals surface area (Å²) in [5, 5.41) is 8.23. The van der Waals surface area contributed by atoms with Gasteiger partial charge >= 0.3 is 0 Å². The minimum absolute atomic E-state index is 0.333. The maximum atomic E-state index is 11.3. The summed E-state index contributed by atoms with van der Waals surface area (Å²) in [5.41, 5.74) is 1.00. The number of nitrogens with two attached hydrogens (primary N) is 1. The molecule has 0 unspecified atom stereocenters. The molecule has 0 aliphatic rings. The first-order chi connectivity index (χ1) is 8.02. The van der Waals surface area contributed by atoms with E-state index >= 15 is 0 Å². The molecule has 6 heteroatoms. The fourth-order valence-corrected chi connectivity index (χ4v) is 3.36. The van der Waals surface area contributed by atoms with Crippen molar-refractivity contribution in [1.82, 2.24) is 4.31 Å². The Labute approximate surface area is 105 Å². The molecule has 0 spiro atoms. The Bertz CT molecular complexity index is 619. The van der Waals surface area contributed by atoms with Crippen molar-refractivity contribution in [2.45, 2.75) is 13.5 Å². The third-order valence-electron chi connectivity index (χ3n) is 2.62. The van der Waals surface area contributed by atoms with E-state index in [9.17, 15) is 8.42 Å². The molecular formula is C11H14N2O2S2. The number of hydrogen-bond acceptors (Lipinski definition) is 3. The lowest BCUT2D eigenvalue weighted by Crippen LogP contribution is -2.35. The Balaban J connectivity index is 2.35. The predicted molar refractivity (Wildman–Crippen MR) is 71.0 cm³/mol. The molecule has 92 valence electrons. The smallest absolute Gasteiger partial charge is 0.216 e. The van der Waals surface area contributed by atoms with E-state index in [0.29, 0.717) is 13.1 Å². The van der Waals surface area contributed by atoms with Crippen LogP contribution < -0.4 is 5.14 Å². The monoisotopic (exact) mass is 270 g/mol. The fourth-order valence-electron chi connectivity index (χ4n) is 1.73. The van der Waals surface area contributed by atoms with Crippen LogP contribution in [0.4, 0.5) is 0 Å². The van der Waals surface area contributed by atoms with Gasteiger partial charge in [-0.3, -0.25) is 0 Å². The molecular weight excluding hydrogens is 256 g/mol. The molecule has 2 aromatic rings. The SMILES string of the molecule is CCN(Cc1csc2ccccc12)S(N)(=O)=O. The number of nitrogens with zero attached hydrogens (tertiary/aromatic N) is 1. The number of benzene rings is 1. The highest BCUT2D eigenvalue weighted by Gasteiger charge is 2.17. The van der Waals surface area contributed by atoms with Gasteiger partial charge in [-0.2, -0.15) is 12.7 Å². The van der Waals surface area contributed by atoms with E-state index in [-0.39, 0.29) is 0 Å². The number of fused-ring (bicyclic) bond motifs is 1. The summed E-state index contributed by atoms with van der Waals surface area (Å²) in [5.74, 6) is 0. The summed E-state index contributed by atoms with van der Waals surface area (Å²) < 4.78 is 25.1. The van der Waals surface area contributed by atoms with Crippen LogP contribution in [0.2, 0.25) is 0 Å². The zero-order valence-corrected chi connectivity index (χ0v) is 11.1. The van der Waals surface area contributed by atoms with E-state index in [0.717, 1.165) is 15.6 Å². The average molecular weight is 270 g/mol. The number of hydrogen-bond donors (Lipinski definition) is 1. The van der Waals surface area contributed by atoms with Crippen LogP contribution in [0.25, 0.3) is 10.1 Å². The molecule has 0 aliphatic carbocycles. The zero-order valence-electron chi connectivity index (χ0n) is 9.46. The van der Waals surface area contributed by atoms with Gasteiger partial charge < -0.3 is 0 Å². The van der Waals surface area contributed by atoms with Crippen molar-refractivity contribution in [3.63, 3.8) is 0 Å². The minimum Gasteiger partial charge on any atom is -0.216 e. The normalized spacial score (nSPS) is 12.4. The van der Waals surface area contributed by atoms with Gasteiger partial charge in [0.1, 0.15) is 0 Å². The first kappa shape index (κ1) is 12.5. The summed E-state index contributed by atoms with van der Waals surface area (Å²) in [4.78, 5) is 0. The van der Waals surface area contributed by atoms with Gasteiger partial charge in [0, 0.05) is 17.8 Å². The minimum atomic E-state index is -3.62. The van der Waals surface area contributed by atoms with E-state index in [1.165, 1.54) is 4.31 Å². The first-order valence-corrected chi connectivity index (χ1v) is 7.63. The molecule has 17 heavy (non-hydrogen) atoms. The highest BCUT2D eigenvalue weighted by molar-refractivity contribution is 7.86. The molecule has 0 aliphatic heterocycles. The van der Waals surface area contributed by atoms with E-state index in [1.807, 2.05) is 29.6 Å². The lowest BCUT2D eigenvalue weighted by Gasteiger charge is -2.16. The predicted octanol–water partition coefficient (Wildman–Crippen LogP) is 1.93. The lowest BCUT2D eigenvalue weighted by molar-refractivity contribution is 0.426. The first-order valence-electron chi connectivity index (χ1n) is 5.25. The Kier molecular flexibility index (Phi) is 3.48. The maximum absolute atomic E-state index is 11.3. The number of thiophene rings is 1. The van der Waals surface area contributed by atoms with Gasteiger partial charge in [-0.05, 0) is 22.4 Å². The summed E-state index contributed by atoms with van der Waals surface area (Å²) in [6.07, 6.45) is 0. The molecule has 0 saturated heterocycles. The Morgan fingerprint density at radius 3 is 2.71 bits per heavy atom. The highest BCUT2D eigenvalue weighted by Crippen LogP contribution is 2.26. The molecule has 0 fully saturated rings. The van der Waals surface area contributed by atoms with Crippen molar-refractivity contribution in [2.75, 3.05) is 6.54 Å². The molecule has 0 atom stereocenters.